The fourth-order valence-electron chi connectivity index (χ4n) is 2.77. The average Bonchev–Trinajstić information content (AvgIpc) is 2.70. The first-order chi connectivity index (χ1) is 14.2. The quantitative estimate of drug-likeness (QED) is 0.438. The van der Waals surface area contributed by atoms with Gasteiger partial charge in [0.25, 0.3) is 0 Å². The number of hydrogen-bond donors (Lipinski definition) is 2. The van der Waals surface area contributed by atoms with E-state index in [9.17, 15) is 13.2 Å². The van der Waals surface area contributed by atoms with Crippen LogP contribution < -0.4 is 10.0 Å². The minimum atomic E-state index is -4.11. The molecule has 2 N–H and O–H groups in total. The fraction of sp³-hybridized carbons (Fsp3) is 0.0952. The number of halogens is 3. The highest BCUT2D eigenvalue weighted by molar-refractivity contribution is 9.10. The molecular weight excluding hydrogens is 511 g/mol. The molecule has 0 saturated carbocycles. The molecule has 3 rings (SSSR count). The lowest BCUT2D eigenvalue weighted by Gasteiger charge is -2.19. The average molecular weight is 528 g/mol. The Labute approximate surface area is 193 Å². The predicted octanol–water partition coefficient (Wildman–Crippen LogP) is 5.28. The summed E-state index contributed by atoms with van der Waals surface area (Å²) in [6, 6.07) is 19.2. The summed E-state index contributed by atoms with van der Waals surface area (Å²) in [4.78, 5) is 12.8. The van der Waals surface area contributed by atoms with Crippen LogP contribution in [0.25, 0.3) is 0 Å². The molecule has 9 heteroatoms. The zero-order chi connectivity index (χ0) is 21.7. The lowest BCUT2D eigenvalue weighted by Crippen LogP contribution is -2.45. The molecule has 0 saturated heterocycles. The molecule has 1 atom stereocenters. The normalized spacial score (nSPS) is 12.4. The third-order valence-electron chi connectivity index (χ3n) is 4.17. The molecule has 3 aromatic carbocycles. The Morgan fingerprint density at radius 2 is 1.70 bits per heavy atom. The van der Waals surface area contributed by atoms with Crippen LogP contribution in [-0.2, 0) is 21.2 Å². The van der Waals surface area contributed by atoms with E-state index in [1.165, 1.54) is 18.2 Å². The van der Waals surface area contributed by atoms with Crippen molar-refractivity contribution in [2.45, 2.75) is 17.4 Å². The molecule has 0 aromatic heterocycles. The van der Waals surface area contributed by atoms with Crippen molar-refractivity contribution < 1.29 is 13.2 Å². The molecule has 0 spiro atoms. The third-order valence-corrected chi connectivity index (χ3v) is 6.85. The Morgan fingerprint density at radius 1 is 0.967 bits per heavy atom. The second-order valence-corrected chi connectivity index (χ2v) is 9.88. The third kappa shape index (κ3) is 6.06. The van der Waals surface area contributed by atoms with Gasteiger partial charge in [-0.3, -0.25) is 4.79 Å². The van der Waals surface area contributed by atoms with Crippen molar-refractivity contribution in [2.24, 2.45) is 0 Å². The van der Waals surface area contributed by atoms with Gasteiger partial charge in [0.1, 0.15) is 10.9 Å². The van der Waals surface area contributed by atoms with Crippen LogP contribution in [0.2, 0.25) is 10.0 Å². The number of carbonyl (C=O) groups excluding carboxylic acids is 1. The van der Waals surface area contributed by atoms with E-state index in [2.05, 4.69) is 26.0 Å². The van der Waals surface area contributed by atoms with E-state index >= 15 is 0 Å². The van der Waals surface area contributed by atoms with Gasteiger partial charge in [0, 0.05) is 15.2 Å². The van der Waals surface area contributed by atoms with Crippen LogP contribution in [-0.4, -0.2) is 20.4 Å². The first kappa shape index (κ1) is 22.8. The summed E-state index contributed by atoms with van der Waals surface area (Å²) in [6.45, 7) is 0. The summed E-state index contributed by atoms with van der Waals surface area (Å²) in [5.74, 6) is -0.501. The summed E-state index contributed by atoms with van der Waals surface area (Å²) in [7, 11) is -4.11. The van der Waals surface area contributed by atoms with Gasteiger partial charge in [-0.1, -0.05) is 75.5 Å². The number of rotatable bonds is 7. The van der Waals surface area contributed by atoms with Crippen LogP contribution >= 0.6 is 39.1 Å². The first-order valence-corrected chi connectivity index (χ1v) is 11.9. The van der Waals surface area contributed by atoms with Crippen molar-refractivity contribution in [3.63, 3.8) is 0 Å². The Morgan fingerprint density at radius 3 is 2.40 bits per heavy atom. The fourth-order valence-corrected chi connectivity index (χ4v) is 5.12. The monoisotopic (exact) mass is 526 g/mol. The Hall–Kier alpha value is -1.90. The molecule has 0 unspecified atom stereocenters. The van der Waals surface area contributed by atoms with Crippen molar-refractivity contribution in [1.82, 2.24) is 4.72 Å². The van der Waals surface area contributed by atoms with Gasteiger partial charge < -0.3 is 5.32 Å². The molecule has 3 aromatic rings. The summed E-state index contributed by atoms with van der Waals surface area (Å²) in [5.41, 5.74) is 1.33. The Kier molecular flexibility index (Phi) is 7.55. The zero-order valence-electron chi connectivity index (χ0n) is 15.5. The second-order valence-electron chi connectivity index (χ2n) is 6.44. The standard InChI is InChI=1S/C21H17BrCl2N2O3S/c22-15-7-4-8-17(12-15)25-21(27)19(11-14-5-2-1-3-6-14)26-30(28,29)20-13-16(23)9-10-18(20)24/h1-10,12-13,19,26H,11H2,(H,25,27)/t19-/m0/s1. The molecule has 0 radical (unpaired) electrons. The van der Waals surface area contributed by atoms with E-state index in [1.807, 2.05) is 36.4 Å². The van der Waals surface area contributed by atoms with Gasteiger partial charge in [-0.15, -0.1) is 0 Å². The van der Waals surface area contributed by atoms with Crippen LogP contribution in [0, 0.1) is 0 Å². The number of sulfonamides is 1. The van der Waals surface area contributed by atoms with Crippen LogP contribution in [0.15, 0.2) is 82.2 Å². The number of anilines is 1. The summed E-state index contributed by atoms with van der Waals surface area (Å²) in [5, 5.41) is 2.98. The largest absolute Gasteiger partial charge is 0.325 e. The predicted molar refractivity (Wildman–Crippen MR) is 123 cm³/mol. The number of hydrogen-bond acceptors (Lipinski definition) is 3. The molecule has 0 bridgehead atoms. The van der Waals surface area contributed by atoms with Gasteiger partial charge in [-0.2, -0.15) is 4.72 Å². The van der Waals surface area contributed by atoms with Gasteiger partial charge in [0.2, 0.25) is 15.9 Å². The summed E-state index contributed by atoms with van der Waals surface area (Å²) >= 11 is 15.4. The molecule has 0 aliphatic rings. The smallest absolute Gasteiger partial charge is 0.242 e. The lowest BCUT2D eigenvalue weighted by molar-refractivity contribution is -0.117. The van der Waals surface area contributed by atoms with Gasteiger partial charge in [0.15, 0.2) is 0 Å². The molecule has 30 heavy (non-hydrogen) atoms. The van der Waals surface area contributed by atoms with E-state index in [0.717, 1.165) is 10.0 Å². The highest BCUT2D eigenvalue weighted by atomic mass is 79.9. The van der Waals surface area contributed by atoms with Crippen molar-refractivity contribution in [3.05, 3.63) is 92.9 Å². The molecule has 0 aliphatic heterocycles. The molecule has 5 nitrogen and oxygen atoms in total. The van der Waals surface area contributed by atoms with Crippen molar-refractivity contribution in [2.75, 3.05) is 5.32 Å². The zero-order valence-corrected chi connectivity index (χ0v) is 19.4. The molecule has 0 aliphatic carbocycles. The van der Waals surface area contributed by atoms with Crippen molar-refractivity contribution in [3.8, 4) is 0 Å². The molecule has 1 amide bonds. The maximum Gasteiger partial charge on any atom is 0.242 e. The van der Waals surface area contributed by atoms with Crippen molar-refractivity contribution in [1.29, 1.82) is 0 Å². The van der Waals surface area contributed by atoms with Crippen LogP contribution in [0.4, 0.5) is 5.69 Å². The van der Waals surface area contributed by atoms with Crippen LogP contribution in [0.1, 0.15) is 5.56 Å². The van der Waals surface area contributed by atoms with Gasteiger partial charge in [0.05, 0.1) is 5.02 Å². The minimum Gasteiger partial charge on any atom is -0.325 e. The first-order valence-electron chi connectivity index (χ1n) is 8.82. The van der Waals surface area contributed by atoms with E-state index in [-0.39, 0.29) is 21.4 Å². The van der Waals surface area contributed by atoms with Gasteiger partial charge in [-0.05, 0) is 48.4 Å². The topological polar surface area (TPSA) is 75.3 Å². The van der Waals surface area contributed by atoms with Crippen LogP contribution in [0.5, 0.6) is 0 Å². The lowest BCUT2D eigenvalue weighted by atomic mass is 10.1. The molecular formula is C21H17BrCl2N2O3S. The van der Waals surface area contributed by atoms with Gasteiger partial charge in [-0.25, -0.2) is 8.42 Å². The van der Waals surface area contributed by atoms with Crippen LogP contribution in [0.3, 0.4) is 0 Å². The van der Waals surface area contributed by atoms with Gasteiger partial charge >= 0.3 is 0 Å². The van der Waals surface area contributed by atoms with Crippen molar-refractivity contribution >= 4 is 60.7 Å². The summed E-state index contributed by atoms with van der Waals surface area (Å²) < 4.78 is 29.2. The molecule has 0 fully saturated rings. The SMILES string of the molecule is O=C(Nc1cccc(Br)c1)[C@H](Cc1ccccc1)NS(=O)(=O)c1cc(Cl)ccc1Cl. The Bertz CT molecular complexity index is 1160. The molecule has 0 heterocycles. The number of nitrogens with one attached hydrogen (secondary N) is 2. The van der Waals surface area contributed by atoms with E-state index < -0.39 is 22.0 Å². The van der Waals surface area contributed by atoms with E-state index in [0.29, 0.717) is 5.69 Å². The number of amides is 1. The highest BCUT2D eigenvalue weighted by Crippen LogP contribution is 2.25. The highest BCUT2D eigenvalue weighted by Gasteiger charge is 2.28. The molecule has 156 valence electrons. The van der Waals surface area contributed by atoms with E-state index in [4.69, 9.17) is 23.2 Å². The minimum absolute atomic E-state index is 0.0118. The van der Waals surface area contributed by atoms with E-state index in [1.54, 1.807) is 18.2 Å². The second kappa shape index (κ2) is 9.94. The number of carbonyl (C=O) groups is 1. The maximum atomic E-state index is 13.0. The summed E-state index contributed by atoms with van der Waals surface area (Å²) in [6.07, 6.45) is 0.151. The Balaban J connectivity index is 1.90. The number of benzene rings is 3. The maximum absolute atomic E-state index is 13.0.